The Balaban J connectivity index is 1.78. The van der Waals surface area contributed by atoms with Gasteiger partial charge < -0.3 is 14.7 Å². The van der Waals surface area contributed by atoms with Crippen molar-refractivity contribution in [2.24, 2.45) is 5.92 Å². The predicted octanol–water partition coefficient (Wildman–Crippen LogP) is 1.81. The first-order valence-corrected chi connectivity index (χ1v) is 7.76. The van der Waals surface area contributed by atoms with Gasteiger partial charge in [-0.25, -0.2) is 9.78 Å². The first kappa shape index (κ1) is 15.0. The molecule has 3 heterocycles. The van der Waals surface area contributed by atoms with Gasteiger partial charge in [0, 0.05) is 25.8 Å². The van der Waals surface area contributed by atoms with Gasteiger partial charge in [0.25, 0.3) is 5.91 Å². The van der Waals surface area contributed by atoms with Crippen molar-refractivity contribution in [3.8, 4) is 0 Å². The lowest BCUT2D eigenvalue weighted by atomic mass is 9.90. The van der Waals surface area contributed by atoms with Crippen LogP contribution < -0.4 is 0 Å². The maximum atomic E-state index is 12.7. The molecule has 0 radical (unpaired) electrons. The maximum Gasteiger partial charge on any atom is 0.354 e. The first-order chi connectivity index (χ1) is 10.7. The second-order valence-corrected chi connectivity index (χ2v) is 5.87. The highest BCUT2D eigenvalue weighted by Crippen LogP contribution is 2.31. The number of likely N-dealkylation sites (tertiary alicyclic amines) is 1. The summed E-state index contributed by atoms with van der Waals surface area (Å²) in [6.07, 6.45) is 3.97. The molecule has 118 valence electrons. The van der Waals surface area contributed by atoms with E-state index in [1.165, 1.54) is 6.07 Å². The number of ether oxygens (including phenoxy) is 1. The molecule has 0 aliphatic carbocycles. The summed E-state index contributed by atoms with van der Waals surface area (Å²) in [6, 6.07) is 4.79. The van der Waals surface area contributed by atoms with E-state index < -0.39 is 5.97 Å². The van der Waals surface area contributed by atoms with E-state index in [0.29, 0.717) is 5.92 Å². The van der Waals surface area contributed by atoms with Gasteiger partial charge in [0.05, 0.1) is 0 Å². The molecule has 1 N–H and O–H groups in total. The monoisotopic (exact) mass is 304 g/mol. The second-order valence-electron chi connectivity index (χ2n) is 5.87. The number of pyridine rings is 1. The highest BCUT2D eigenvalue weighted by Gasteiger charge is 2.36. The van der Waals surface area contributed by atoms with E-state index in [0.717, 1.165) is 45.4 Å². The van der Waals surface area contributed by atoms with Crippen molar-refractivity contribution in [3.63, 3.8) is 0 Å². The molecule has 0 saturated carbocycles. The molecule has 1 atom stereocenters. The molecule has 1 aromatic heterocycles. The molecule has 2 saturated heterocycles. The van der Waals surface area contributed by atoms with E-state index in [1.54, 1.807) is 12.1 Å². The van der Waals surface area contributed by atoms with Gasteiger partial charge in [0.2, 0.25) is 0 Å². The highest BCUT2D eigenvalue weighted by molar-refractivity contribution is 5.94. The number of nitrogens with zero attached hydrogens (tertiary/aromatic N) is 2. The molecule has 3 rings (SSSR count). The van der Waals surface area contributed by atoms with Crippen LogP contribution in [0.5, 0.6) is 0 Å². The zero-order chi connectivity index (χ0) is 15.5. The van der Waals surface area contributed by atoms with E-state index in [1.807, 2.05) is 4.90 Å². The van der Waals surface area contributed by atoms with Crippen molar-refractivity contribution in [2.45, 2.75) is 31.7 Å². The molecular weight excluding hydrogens is 284 g/mol. The van der Waals surface area contributed by atoms with E-state index in [2.05, 4.69) is 4.98 Å². The number of hydrogen-bond donors (Lipinski definition) is 1. The Labute approximate surface area is 129 Å². The third-order valence-electron chi connectivity index (χ3n) is 4.56. The van der Waals surface area contributed by atoms with Gasteiger partial charge >= 0.3 is 5.97 Å². The minimum absolute atomic E-state index is 0.0901. The minimum atomic E-state index is -1.11. The molecule has 6 nitrogen and oxygen atoms in total. The Morgan fingerprint density at radius 2 is 1.91 bits per heavy atom. The lowest BCUT2D eigenvalue weighted by Gasteiger charge is -2.33. The number of carboxylic acids is 1. The van der Waals surface area contributed by atoms with Gasteiger partial charge in [-0.2, -0.15) is 0 Å². The van der Waals surface area contributed by atoms with Gasteiger partial charge in [-0.05, 0) is 43.7 Å². The number of aromatic carboxylic acids is 1. The summed E-state index contributed by atoms with van der Waals surface area (Å²) in [5, 5.41) is 9.01. The smallest absolute Gasteiger partial charge is 0.354 e. The molecular formula is C16H20N2O4. The van der Waals surface area contributed by atoms with E-state index >= 15 is 0 Å². The number of carboxylic acid groups (broad SMARTS) is 1. The average molecular weight is 304 g/mol. The third kappa shape index (κ3) is 2.97. The van der Waals surface area contributed by atoms with Crippen molar-refractivity contribution in [3.05, 3.63) is 29.6 Å². The number of hydrogen-bond acceptors (Lipinski definition) is 4. The number of amides is 1. The number of rotatable bonds is 3. The van der Waals surface area contributed by atoms with Crippen molar-refractivity contribution in [1.29, 1.82) is 0 Å². The van der Waals surface area contributed by atoms with Gasteiger partial charge in [-0.3, -0.25) is 4.79 Å². The van der Waals surface area contributed by atoms with Crippen LogP contribution >= 0.6 is 0 Å². The van der Waals surface area contributed by atoms with Crippen molar-refractivity contribution in [1.82, 2.24) is 9.88 Å². The molecule has 22 heavy (non-hydrogen) atoms. The summed E-state index contributed by atoms with van der Waals surface area (Å²) in [4.78, 5) is 29.6. The van der Waals surface area contributed by atoms with Crippen LogP contribution in [0.2, 0.25) is 0 Å². The van der Waals surface area contributed by atoms with E-state index in [4.69, 9.17) is 9.84 Å². The lowest BCUT2D eigenvalue weighted by Crippen LogP contribution is -2.42. The molecule has 0 spiro atoms. The minimum Gasteiger partial charge on any atom is -0.477 e. The summed E-state index contributed by atoms with van der Waals surface area (Å²) in [7, 11) is 0. The molecule has 1 amide bonds. The van der Waals surface area contributed by atoms with Crippen LogP contribution in [-0.2, 0) is 4.74 Å². The molecule has 2 aliphatic rings. The lowest BCUT2D eigenvalue weighted by molar-refractivity contribution is 0.0320. The summed E-state index contributed by atoms with van der Waals surface area (Å²) >= 11 is 0. The molecule has 0 aromatic carbocycles. The highest BCUT2D eigenvalue weighted by atomic mass is 16.5. The van der Waals surface area contributed by atoms with Gasteiger partial charge in [0.1, 0.15) is 11.4 Å². The van der Waals surface area contributed by atoms with Crippen molar-refractivity contribution < 1.29 is 19.4 Å². The topological polar surface area (TPSA) is 79.7 Å². The Hall–Kier alpha value is -1.95. The summed E-state index contributed by atoms with van der Waals surface area (Å²) in [6.45, 7) is 2.24. The van der Waals surface area contributed by atoms with Crippen LogP contribution in [0.3, 0.4) is 0 Å². The quantitative estimate of drug-likeness (QED) is 0.921. The van der Waals surface area contributed by atoms with Crippen LogP contribution in [0.25, 0.3) is 0 Å². The van der Waals surface area contributed by atoms with Gasteiger partial charge in [0.15, 0.2) is 0 Å². The fourth-order valence-corrected chi connectivity index (χ4v) is 3.46. The summed E-state index contributed by atoms with van der Waals surface area (Å²) in [5.41, 5.74) is 0.131. The molecule has 1 aromatic rings. The van der Waals surface area contributed by atoms with Crippen LogP contribution in [0, 0.1) is 5.92 Å². The fraction of sp³-hybridized carbons (Fsp3) is 0.562. The number of aromatic nitrogens is 1. The van der Waals surface area contributed by atoms with Crippen LogP contribution in [-0.4, -0.2) is 52.7 Å². The third-order valence-corrected chi connectivity index (χ3v) is 4.56. The standard InChI is InChI=1S/C16H20N2O4/c19-15(12-3-1-4-13(17-12)16(20)21)18-8-2-5-14(18)11-6-9-22-10-7-11/h1,3-4,11,14H,2,5-10H2,(H,20,21). The Bertz CT molecular complexity index is 569. The number of carbonyl (C=O) groups is 2. The van der Waals surface area contributed by atoms with Crippen molar-refractivity contribution >= 4 is 11.9 Å². The Kier molecular flexibility index (Phi) is 4.38. The zero-order valence-corrected chi connectivity index (χ0v) is 12.4. The SMILES string of the molecule is O=C(O)c1cccc(C(=O)N2CCCC2C2CCOCC2)n1. The van der Waals surface area contributed by atoms with Crippen LogP contribution in [0.15, 0.2) is 18.2 Å². The molecule has 6 heteroatoms. The predicted molar refractivity (Wildman–Crippen MR) is 78.8 cm³/mol. The normalized spacial score (nSPS) is 22.7. The van der Waals surface area contributed by atoms with Gasteiger partial charge in [-0.15, -0.1) is 0 Å². The maximum absolute atomic E-state index is 12.7. The Morgan fingerprint density at radius 1 is 1.18 bits per heavy atom. The second kappa shape index (κ2) is 6.44. The molecule has 2 fully saturated rings. The summed E-state index contributed by atoms with van der Waals surface area (Å²) < 4.78 is 5.40. The Morgan fingerprint density at radius 3 is 2.64 bits per heavy atom. The van der Waals surface area contributed by atoms with E-state index in [9.17, 15) is 9.59 Å². The van der Waals surface area contributed by atoms with Crippen molar-refractivity contribution in [2.75, 3.05) is 19.8 Å². The number of carbonyl (C=O) groups excluding carboxylic acids is 1. The molecule has 1 unspecified atom stereocenters. The summed E-state index contributed by atoms with van der Waals surface area (Å²) in [5.74, 6) is -0.794. The van der Waals surface area contributed by atoms with E-state index in [-0.39, 0.29) is 23.3 Å². The van der Waals surface area contributed by atoms with Crippen LogP contribution in [0.1, 0.15) is 46.7 Å². The zero-order valence-electron chi connectivity index (χ0n) is 12.4. The largest absolute Gasteiger partial charge is 0.477 e. The van der Waals surface area contributed by atoms with Gasteiger partial charge in [-0.1, -0.05) is 6.07 Å². The van der Waals surface area contributed by atoms with Crippen LogP contribution in [0.4, 0.5) is 0 Å². The molecule has 0 bridgehead atoms. The molecule has 2 aliphatic heterocycles. The first-order valence-electron chi connectivity index (χ1n) is 7.76. The average Bonchev–Trinajstić information content (AvgIpc) is 3.04. The fourth-order valence-electron chi connectivity index (χ4n) is 3.46.